The summed E-state index contributed by atoms with van der Waals surface area (Å²) in [6.45, 7) is 0. The number of carbonyl (C=O) groups excluding carboxylic acids is 1. The summed E-state index contributed by atoms with van der Waals surface area (Å²) in [5.41, 5.74) is 6.18. The van der Waals surface area contributed by atoms with E-state index in [1.54, 1.807) is 0 Å². The molecule has 3 N–H and O–H groups in total. The van der Waals surface area contributed by atoms with Crippen molar-refractivity contribution in [1.82, 2.24) is 0 Å². The van der Waals surface area contributed by atoms with E-state index in [2.05, 4.69) is 4.74 Å². The zero-order valence-electron chi connectivity index (χ0n) is 7.69. The van der Waals surface area contributed by atoms with E-state index >= 15 is 0 Å². The Morgan fingerprint density at radius 2 is 2.29 bits per heavy atom. The number of hydrogen-bond acceptors (Lipinski definition) is 5. The number of nitrogen functional groups attached to an aromatic ring is 1. The Labute approximate surface area is 81.7 Å². The second-order valence-corrected chi connectivity index (χ2v) is 2.52. The summed E-state index contributed by atoms with van der Waals surface area (Å²) in [4.78, 5) is 11.1. The molecule has 0 aliphatic rings. The van der Waals surface area contributed by atoms with Gasteiger partial charge in [-0.3, -0.25) is 0 Å². The first-order valence-electron chi connectivity index (χ1n) is 3.90. The van der Waals surface area contributed by atoms with Crippen LogP contribution in [0, 0.1) is 0 Å². The van der Waals surface area contributed by atoms with Crippen molar-refractivity contribution in [3.63, 3.8) is 0 Å². The number of anilines is 1. The van der Waals surface area contributed by atoms with Crippen LogP contribution in [0.2, 0.25) is 0 Å². The number of methoxy groups -OCH3 is 1. The highest BCUT2D eigenvalue weighted by atomic mass is 16.5. The van der Waals surface area contributed by atoms with Gasteiger partial charge in [-0.2, -0.15) is 0 Å². The fraction of sp³-hybridized carbons (Fsp3) is 0.125. The van der Waals surface area contributed by atoms with Gasteiger partial charge in [-0.05, 0) is 18.2 Å². The fourth-order valence-corrected chi connectivity index (χ4v) is 0.994. The van der Waals surface area contributed by atoms with Gasteiger partial charge in [0.15, 0.2) is 0 Å². The highest BCUT2D eigenvalue weighted by Crippen LogP contribution is 2.22. The summed E-state index contributed by atoms with van der Waals surface area (Å²) >= 11 is 0. The van der Waals surface area contributed by atoms with Crippen LogP contribution in [-0.4, -0.2) is 25.8 Å². The Bertz CT molecular complexity index is 342. The number of carbonyl (C=O) groups is 1. The molecule has 0 heterocycles. The second kappa shape index (κ2) is 4.52. The van der Waals surface area contributed by atoms with Crippen LogP contribution in [0.15, 0.2) is 18.2 Å². The van der Waals surface area contributed by atoms with Crippen molar-refractivity contribution in [3.05, 3.63) is 23.8 Å². The minimum atomic E-state index is -0.466. The van der Waals surface area contributed by atoms with Crippen LogP contribution < -0.4 is 10.4 Å². The molecule has 0 aliphatic carbocycles. The average molecular weight is 195 g/mol. The Morgan fingerprint density at radius 3 is 2.79 bits per heavy atom. The Balaban J connectivity index is 2.94. The molecular formula is C8H10BNO4. The molecule has 1 aromatic carbocycles. The standard InChI is InChI=1S/C8H10BNO4/c1-13-8(11)5-2-3-7(14-9-12)6(10)4-5/h2-4,9,12H,10H2,1H3. The molecule has 0 atom stereocenters. The quantitative estimate of drug-likeness (QED) is 0.392. The maximum absolute atomic E-state index is 11.1. The van der Waals surface area contributed by atoms with E-state index < -0.39 is 13.7 Å². The summed E-state index contributed by atoms with van der Waals surface area (Å²) in [5.74, 6) is -0.132. The zero-order valence-corrected chi connectivity index (χ0v) is 7.69. The van der Waals surface area contributed by atoms with Crippen LogP contribution >= 0.6 is 0 Å². The number of nitrogens with two attached hydrogens (primary N) is 1. The maximum atomic E-state index is 11.1. The monoisotopic (exact) mass is 195 g/mol. The predicted octanol–water partition coefficient (Wildman–Crippen LogP) is -0.307. The van der Waals surface area contributed by atoms with Crippen molar-refractivity contribution in [3.8, 4) is 5.75 Å². The van der Waals surface area contributed by atoms with Gasteiger partial charge in [0.25, 0.3) is 0 Å². The van der Waals surface area contributed by atoms with E-state index in [4.69, 9.17) is 15.4 Å². The zero-order chi connectivity index (χ0) is 10.6. The van der Waals surface area contributed by atoms with Gasteiger partial charge in [0.05, 0.1) is 18.4 Å². The number of benzene rings is 1. The third-order valence-corrected chi connectivity index (χ3v) is 1.65. The molecule has 0 spiro atoms. The van der Waals surface area contributed by atoms with E-state index in [0.29, 0.717) is 11.3 Å². The summed E-state index contributed by atoms with van der Waals surface area (Å²) in [7, 11) is 0.832. The summed E-state index contributed by atoms with van der Waals surface area (Å²) in [5, 5.41) is 8.50. The van der Waals surface area contributed by atoms with Crippen molar-refractivity contribution in [2.45, 2.75) is 0 Å². The molecule has 0 saturated carbocycles. The van der Waals surface area contributed by atoms with Crippen LogP contribution in [0.3, 0.4) is 0 Å². The van der Waals surface area contributed by atoms with Crippen LogP contribution in [0.5, 0.6) is 5.75 Å². The molecule has 0 unspecified atom stereocenters. The molecule has 0 fully saturated rings. The van der Waals surface area contributed by atoms with Crippen LogP contribution in [-0.2, 0) is 4.74 Å². The van der Waals surface area contributed by atoms with Gasteiger partial charge in [0.1, 0.15) is 5.75 Å². The predicted molar refractivity (Wildman–Crippen MR) is 52.2 cm³/mol. The van der Waals surface area contributed by atoms with E-state index in [0.717, 1.165) is 0 Å². The molecule has 0 aromatic heterocycles. The van der Waals surface area contributed by atoms with Gasteiger partial charge in [-0.25, -0.2) is 4.79 Å². The molecule has 0 aliphatic heterocycles. The molecule has 5 nitrogen and oxygen atoms in total. The van der Waals surface area contributed by atoms with E-state index in [1.807, 2.05) is 0 Å². The third-order valence-electron chi connectivity index (χ3n) is 1.65. The third kappa shape index (κ3) is 2.17. The topological polar surface area (TPSA) is 81.8 Å². The van der Waals surface area contributed by atoms with E-state index in [1.165, 1.54) is 25.3 Å². The summed E-state index contributed by atoms with van der Waals surface area (Å²) in [6.07, 6.45) is 0. The normalized spacial score (nSPS) is 9.29. The average Bonchev–Trinajstić information content (AvgIpc) is 2.20. The highest BCUT2D eigenvalue weighted by molar-refractivity contribution is 6.17. The maximum Gasteiger partial charge on any atom is 0.504 e. The van der Waals surface area contributed by atoms with Crippen molar-refractivity contribution in [2.24, 2.45) is 0 Å². The van der Waals surface area contributed by atoms with Gasteiger partial charge in [0.2, 0.25) is 0 Å². The molecular weight excluding hydrogens is 185 g/mol. The van der Waals surface area contributed by atoms with Gasteiger partial charge < -0.3 is 20.1 Å². The molecule has 0 radical (unpaired) electrons. The lowest BCUT2D eigenvalue weighted by molar-refractivity contribution is 0.0601. The van der Waals surface area contributed by atoms with Crippen molar-refractivity contribution in [1.29, 1.82) is 0 Å². The van der Waals surface area contributed by atoms with Crippen LogP contribution in [0.1, 0.15) is 10.4 Å². The molecule has 0 amide bonds. The Kier molecular flexibility index (Phi) is 3.36. The highest BCUT2D eigenvalue weighted by Gasteiger charge is 2.08. The molecule has 74 valence electrons. The van der Waals surface area contributed by atoms with E-state index in [-0.39, 0.29) is 5.69 Å². The lowest BCUT2D eigenvalue weighted by Gasteiger charge is -2.06. The molecule has 6 heteroatoms. The summed E-state index contributed by atoms with van der Waals surface area (Å²) in [6, 6.07) is 4.43. The number of hydrogen-bond donors (Lipinski definition) is 2. The summed E-state index contributed by atoms with van der Waals surface area (Å²) < 4.78 is 9.29. The first-order chi connectivity index (χ1) is 6.69. The van der Waals surface area contributed by atoms with Gasteiger partial charge >= 0.3 is 13.7 Å². The van der Waals surface area contributed by atoms with Crippen molar-refractivity contribution < 1.29 is 19.2 Å². The Morgan fingerprint density at radius 1 is 1.57 bits per heavy atom. The van der Waals surface area contributed by atoms with Crippen LogP contribution in [0.25, 0.3) is 0 Å². The second-order valence-electron chi connectivity index (χ2n) is 2.52. The minimum absolute atomic E-state index is 0.280. The molecule has 0 bridgehead atoms. The molecule has 1 rings (SSSR count). The first kappa shape index (κ1) is 10.4. The number of rotatable bonds is 3. The molecule has 14 heavy (non-hydrogen) atoms. The number of ether oxygens (including phenoxy) is 1. The number of esters is 1. The first-order valence-corrected chi connectivity index (χ1v) is 3.90. The smallest absolute Gasteiger partial charge is 0.504 e. The van der Waals surface area contributed by atoms with Gasteiger partial charge in [-0.15, -0.1) is 0 Å². The van der Waals surface area contributed by atoms with Crippen LogP contribution in [0.4, 0.5) is 5.69 Å². The lowest BCUT2D eigenvalue weighted by atomic mass is 10.2. The molecule has 1 aromatic rings. The van der Waals surface area contributed by atoms with Crippen molar-refractivity contribution in [2.75, 3.05) is 12.8 Å². The SMILES string of the molecule is COC(=O)c1ccc(OBO)c(N)c1. The lowest BCUT2D eigenvalue weighted by Crippen LogP contribution is -2.05. The largest absolute Gasteiger partial charge is 0.537 e. The van der Waals surface area contributed by atoms with Gasteiger partial charge in [0, 0.05) is 0 Å². The fourth-order valence-electron chi connectivity index (χ4n) is 0.994. The minimum Gasteiger partial charge on any atom is -0.537 e. The molecule has 0 saturated heterocycles. The van der Waals surface area contributed by atoms with E-state index in [9.17, 15) is 4.79 Å². The Hall–Kier alpha value is -1.69. The van der Waals surface area contributed by atoms with Gasteiger partial charge in [-0.1, -0.05) is 0 Å². The van der Waals surface area contributed by atoms with Crippen molar-refractivity contribution >= 4 is 19.3 Å².